The zero-order valence-corrected chi connectivity index (χ0v) is 7.90. The molecule has 0 spiro atoms. The monoisotopic (exact) mass is 222 g/mol. The van der Waals surface area contributed by atoms with E-state index in [1.54, 1.807) is 0 Å². The average molecular weight is 223 g/mol. The van der Waals surface area contributed by atoms with Crippen LogP contribution in [0.4, 0.5) is 4.39 Å². The highest BCUT2D eigenvalue weighted by Crippen LogP contribution is 2.26. The third-order valence-corrected chi connectivity index (χ3v) is 1.97. The van der Waals surface area contributed by atoms with E-state index in [0.29, 0.717) is 5.02 Å². The average Bonchev–Trinajstić information content (AvgIpc) is 2.11. The van der Waals surface area contributed by atoms with Crippen LogP contribution in [0.5, 0.6) is 5.75 Å². The molecule has 1 rings (SSSR count). The predicted molar refractivity (Wildman–Crippen MR) is 48.1 cm³/mol. The summed E-state index contributed by atoms with van der Waals surface area (Å²) in [5.74, 6) is -0.782. The summed E-state index contributed by atoms with van der Waals surface area (Å²) in [5.41, 5.74) is 0. The normalized spacial score (nSPS) is 9.77. The molecule has 0 atom stereocenters. The lowest BCUT2D eigenvalue weighted by atomic mass is 10.3. The summed E-state index contributed by atoms with van der Waals surface area (Å²) in [6, 6.07) is 4.24. The number of alkyl halides is 1. The molecule has 0 aromatic heterocycles. The van der Waals surface area contributed by atoms with Gasteiger partial charge in [0.2, 0.25) is 0 Å². The molecule has 2 nitrogen and oxygen atoms in total. The van der Waals surface area contributed by atoms with Crippen molar-refractivity contribution in [2.24, 2.45) is 0 Å². The molecule has 0 aliphatic rings. The lowest BCUT2D eigenvalue weighted by molar-refractivity contribution is -0.135. The Labute approximate surface area is 84.2 Å². The van der Waals surface area contributed by atoms with Gasteiger partial charge in [-0.3, -0.25) is 0 Å². The summed E-state index contributed by atoms with van der Waals surface area (Å²) in [7, 11) is 0. The summed E-state index contributed by atoms with van der Waals surface area (Å²) >= 11 is 11.2. The number of halogens is 3. The van der Waals surface area contributed by atoms with Gasteiger partial charge >= 0.3 is 5.97 Å². The lowest BCUT2D eigenvalue weighted by Crippen LogP contribution is -2.09. The Bertz CT molecular complexity index is 328. The summed E-state index contributed by atoms with van der Waals surface area (Å²) < 4.78 is 16.3. The number of hydrogen-bond donors (Lipinski definition) is 0. The zero-order valence-electron chi connectivity index (χ0n) is 6.39. The largest absolute Gasteiger partial charge is 0.425 e. The zero-order chi connectivity index (χ0) is 9.84. The van der Waals surface area contributed by atoms with Gasteiger partial charge in [-0.1, -0.05) is 23.2 Å². The third-order valence-electron chi connectivity index (χ3n) is 1.23. The fourth-order valence-electron chi connectivity index (χ4n) is 0.699. The van der Waals surface area contributed by atoms with E-state index in [0.717, 1.165) is 0 Å². The second-order valence-corrected chi connectivity index (χ2v) is 3.00. The number of hydrogen-bond acceptors (Lipinski definition) is 2. The second kappa shape index (κ2) is 4.44. The number of benzene rings is 1. The quantitative estimate of drug-likeness (QED) is 0.569. The van der Waals surface area contributed by atoms with E-state index in [1.165, 1.54) is 18.2 Å². The van der Waals surface area contributed by atoms with Gasteiger partial charge in [0.1, 0.15) is 5.75 Å². The van der Waals surface area contributed by atoms with Gasteiger partial charge in [0, 0.05) is 6.07 Å². The van der Waals surface area contributed by atoms with Crippen LogP contribution in [0.3, 0.4) is 0 Å². The highest BCUT2D eigenvalue weighted by atomic mass is 35.5. The molecular formula is C8H5Cl2FO2. The second-order valence-electron chi connectivity index (χ2n) is 2.18. The van der Waals surface area contributed by atoms with Crippen molar-refractivity contribution in [3.05, 3.63) is 28.2 Å². The molecule has 70 valence electrons. The van der Waals surface area contributed by atoms with Crippen molar-refractivity contribution < 1.29 is 13.9 Å². The highest BCUT2D eigenvalue weighted by molar-refractivity contribution is 6.42. The first-order valence-corrected chi connectivity index (χ1v) is 4.11. The van der Waals surface area contributed by atoms with Gasteiger partial charge in [0.25, 0.3) is 0 Å². The van der Waals surface area contributed by atoms with Crippen LogP contribution in [-0.4, -0.2) is 12.6 Å². The summed E-state index contributed by atoms with van der Waals surface area (Å²) in [6.45, 7) is -1.17. The Morgan fingerprint density at radius 1 is 1.38 bits per heavy atom. The molecule has 0 amide bonds. The van der Waals surface area contributed by atoms with Gasteiger partial charge in [0.15, 0.2) is 6.67 Å². The van der Waals surface area contributed by atoms with Crippen molar-refractivity contribution in [3.8, 4) is 5.75 Å². The molecule has 0 saturated carbocycles. The van der Waals surface area contributed by atoms with E-state index < -0.39 is 12.6 Å². The van der Waals surface area contributed by atoms with Crippen LogP contribution < -0.4 is 4.74 Å². The molecule has 0 radical (unpaired) electrons. The van der Waals surface area contributed by atoms with Crippen LogP contribution in [0.2, 0.25) is 10.0 Å². The van der Waals surface area contributed by atoms with Crippen molar-refractivity contribution >= 4 is 29.2 Å². The Hall–Kier alpha value is -0.800. The van der Waals surface area contributed by atoms with Gasteiger partial charge in [-0.05, 0) is 12.1 Å². The fraction of sp³-hybridized carbons (Fsp3) is 0.125. The predicted octanol–water partition coefficient (Wildman–Crippen LogP) is 2.87. The maximum atomic E-state index is 11.7. The minimum atomic E-state index is -1.17. The molecule has 0 aliphatic heterocycles. The SMILES string of the molecule is O=C(CF)Oc1ccc(Cl)c(Cl)c1. The number of carbonyl (C=O) groups is 1. The molecular weight excluding hydrogens is 218 g/mol. The van der Waals surface area contributed by atoms with Crippen molar-refractivity contribution in [2.75, 3.05) is 6.67 Å². The minimum absolute atomic E-state index is 0.178. The standard InChI is InChI=1S/C8H5Cl2FO2/c9-6-2-1-5(3-7(6)10)13-8(12)4-11/h1-3H,4H2. The molecule has 1 aromatic carbocycles. The van der Waals surface area contributed by atoms with E-state index >= 15 is 0 Å². The van der Waals surface area contributed by atoms with E-state index in [-0.39, 0.29) is 10.8 Å². The molecule has 0 saturated heterocycles. The minimum Gasteiger partial charge on any atom is -0.425 e. The Balaban J connectivity index is 2.79. The summed E-state index contributed by atoms with van der Waals surface area (Å²) in [6.07, 6.45) is 0. The van der Waals surface area contributed by atoms with Crippen LogP contribution in [-0.2, 0) is 4.79 Å². The van der Waals surface area contributed by atoms with Crippen molar-refractivity contribution in [1.29, 1.82) is 0 Å². The first kappa shape index (κ1) is 10.3. The maximum absolute atomic E-state index is 11.7. The number of esters is 1. The van der Waals surface area contributed by atoms with Gasteiger partial charge in [-0.25, -0.2) is 9.18 Å². The Kier molecular flexibility index (Phi) is 3.51. The lowest BCUT2D eigenvalue weighted by Gasteiger charge is -2.02. The van der Waals surface area contributed by atoms with Gasteiger partial charge in [0.05, 0.1) is 10.0 Å². The molecule has 0 N–H and O–H groups in total. The van der Waals surface area contributed by atoms with Crippen LogP contribution in [0, 0.1) is 0 Å². The summed E-state index contributed by atoms with van der Waals surface area (Å²) in [5, 5.41) is 0.604. The van der Waals surface area contributed by atoms with Crippen LogP contribution >= 0.6 is 23.2 Å². The van der Waals surface area contributed by atoms with Gasteiger partial charge < -0.3 is 4.74 Å². The molecule has 0 aliphatic carbocycles. The van der Waals surface area contributed by atoms with Crippen molar-refractivity contribution in [3.63, 3.8) is 0 Å². The van der Waals surface area contributed by atoms with Crippen molar-refractivity contribution in [2.45, 2.75) is 0 Å². The molecule has 13 heavy (non-hydrogen) atoms. The number of rotatable bonds is 2. The molecule has 0 bridgehead atoms. The number of ether oxygens (including phenoxy) is 1. The van der Waals surface area contributed by atoms with E-state index in [2.05, 4.69) is 4.74 Å². The van der Waals surface area contributed by atoms with Gasteiger partial charge in [-0.2, -0.15) is 0 Å². The topological polar surface area (TPSA) is 26.3 Å². The first-order valence-electron chi connectivity index (χ1n) is 3.35. The maximum Gasteiger partial charge on any atom is 0.342 e. The summed E-state index contributed by atoms with van der Waals surface area (Å²) in [4.78, 5) is 10.5. The molecule has 5 heteroatoms. The molecule has 0 unspecified atom stereocenters. The van der Waals surface area contributed by atoms with E-state index in [1.807, 2.05) is 0 Å². The molecule has 1 aromatic rings. The first-order chi connectivity index (χ1) is 6.13. The van der Waals surface area contributed by atoms with Crippen LogP contribution in [0.15, 0.2) is 18.2 Å². The van der Waals surface area contributed by atoms with Crippen LogP contribution in [0.25, 0.3) is 0 Å². The Morgan fingerprint density at radius 2 is 2.08 bits per heavy atom. The third kappa shape index (κ3) is 2.86. The smallest absolute Gasteiger partial charge is 0.342 e. The molecule has 0 fully saturated rings. The van der Waals surface area contributed by atoms with Gasteiger partial charge in [-0.15, -0.1) is 0 Å². The van der Waals surface area contributed by atoms with Crippen molar-refractivity contribution in [1.82, 2.24) is 0 Å². The molecule has 0 heterocycles. The van der Waals surface area contributed by atoms with E-state index in [9.17, 15) is 9.18 Å². The highest BCUT2D eigenvalue weighted by Gasteiger charge is 2.05. The Morgan fingerprint density at radius 3 is 2.62 bits per heavy atom. The van der Waals surface area contributed by atoms with E-state index in [4.69, 9.17) is 23.2 Å². The fourth-order valence-corrected chi connectivity index (χ4v) is 0.987. The van der Waals surface area contributed by atoms with Crippen LogP contribution in [0.1, 0.15) is 0 Å². The number of carbonyl (C=O) groups excluding carboxylic acids is 1.